The Morgan fingerprint density at radius 2 is 2.44 bits per heavy atom. The molecule has 0 aliphatic carbocycles. The summed E-state index contributed by atoms with van der Waals surface area (Å²) in [7, 11) is 0. The minimum atomic E-state index is -0.0467. The molecule has 1 aromatic rings. The van der Waals surface area contributed by atoms with Gasteiger partial charge in [0.1, 0.15) is 0 Å². The van der Waals surface area contributed by atoms with Gasteiger partial charge in [-0.2, -0.15) is 0 Å². The monoisotopic (exact) mass is 266 g/mol. The number of hydrogen-bond acceptors (Lipinski definition) is 3. The number of amides is 1. The van der Waals surface area contributed by atoms with Crippen molar-refractivity contribution in [3.05, 3.63) is 22.4 Å². The third kappa shape index (κ3) is 3.33. The van der Waals surface area contributed by atoms with Crippen LogP contribution in [0, 0.1) is 5.41 Å². The van der Waals surface area contributed by atoms with Crippen LogP contribution in [0.3, 0.4) is 0 Å². The van der Waals surface area contributed by atoms with Crippen molar-refractivity contribution >= 4 is 17.2 Å². The SMILES string of the molecule is CC1(C)CCCNC1C(=O)NCCc1cccs1. The molecule has 2 rings (SSSR count). The van der Waals surface area contributed by atoms with Crippen LogP contribution in [0.2, 0.25) is 0 Å². The number of carbonyl (C=O) groups is 1. The van der Waals surface area contributed by atoms with Crippen LogP contribution in [0.15, 0.2) is 17.5 Å². The smallest absolute Gasteiger partial charge is 0.237 e. The standard InChI is InChI=1S/C14H22N2OS/c1-14(2)7-4-8-15-12(14)13(17)16-9-6-11-5-3-10-18-11/h3,5,10,12,15H,4,6-9H2,1-2H3,(H,16,17). The molecule has 18 heavy (non-hydrogen) atoms. The van der Waals surface area contributed by atoms with E-state index < -0.39 is 0 Å². The summed E-state index contributed by atoms with van der Waals surface area (Å²) < 4.78 is 0. The normalized spacial score (nSPS) is 22.7. The lowest BCUT2D eigenvalue weighted by Gasteiger charge is -2.38. The second-order valence-corrected chi connectivity index (χ2v) is 6.63. The summed E-state index contributed by atoms with van der Waals surface area (Å²) in [4.78, 5) is 13.5. The summed E-state index contributed by atoms with van der Waals surface area (Å²) in [5, 5.41) is 8.47. The minimum absolute atomic E-state index is 0.0467. The van der Waals surface area contributed by atoms with Crippen molar-refractivity contribution in [2.24, 2.45) is 5.41 Å². The molecule has 1 atom stereocenters. The van der Waals surface area contributed by atoms with Gasteiger partial charge in [0, 0.05) is 11.4 Å². The van der Waals surface area contributed by atoms with Crippen molar-refractivity contribution in [1.82, 2.24) is 10.6 Å². The molecule has 1 fully saturated rings. The van der Waals surface area contributed by atoms with E-state index in [1.54, 1.807) is 11.3 Å². The Morgan fingerprint density at radius 3 is 3.11 bits per heavy atom. The van der Waals surface area contributed by atoms with Crippen molar-refractivity contribution in [3.63, 3.8) is 0 Å². The van der Waals surface area contributed by atoms with E-state index in [2.05, 4.69) is 35.9 Å². The van der Waals surface area contributed by atoms with Crippen molar-refractivity contribution in [2.45, 2.75) is 39.2 Å². The number of thiophene rings is 1. The first-order valence-corrected chi connectivity index (χ1v) is 7.51. The van der Waals surface area contributed by atoms with E-state index in [4.69, 9.17) is 0 Å². The summed E-state index contributed by atoms with van der Waals surface area (Å²) >= 11 is 1.74. The molecular weight excluding hydrogens is 244 g/mol. The molecule has 2 heterocycles. The zero-order valence-electron chi connectivity index (χ0n) is 11.2. The number of hydrogen-bond donors (Lipinski definition) is 2. The average Bonchev–Trinajstić information content (AvgIpc) is 2.81. The van der Waals surface area contributed by atoms with Gasteiger partial charge >= 0.3 is 0 Å². The molecule has 1 amide bonds. The summed E-state index contributed by atoms with van der Waals surface area (Å²) in [5.74, 6) is 0.149. The van der Waals surface area contributed by atoms with Gasteiger partial charge in [0.25, 0.3) is 0 Å². The van der Waals surface area contributed by atoms with E-state index in [0.717, 1.165) is 32.4 Å². The van der Waals surface area contributed by atoms with E-state index in [-0.39, 0.29) is 17.4 Å². The zero-order chi connectivity index (χ0) is 13.0. The maximum atomic E-state index is 12.2. The zero-order valence-corrected chi connectivity index (χ0v) is 12.0. The lowest BCUT2D eigenvalue weighted by atomic mass is 9.77. The molecule has 100 valence electrons. The van der Waals surface area contributed by atoms with Crippen LogP contribution < -0.4 is 10.6 Å². The summed E-state index contributed by atoms with van der Waals surface area (Å²) in [5.41, 5.74) is 0.0608. The van der Waals surface area contributed by atoms with E-state index in [9.17, 15) is 4.79 Å². The van der Waals surface area contributed by atoms with Crippen LogP contribution in [0.5, 0.6) is 0 Å². The third-order valence-electron chi connectivity index (χ3n) is 3.64. The van der Waals surface area contributed by atoms with Crippen molar-refractivity contribution < 1.29 is 4.79 Å². The van der Waals surface area contributed by atoms with Gasteiger partial charge in [0.15, 0.2) is 0 Å². The molecule has 2 N–H and O–H groups in total. The Morgan fingerprint density at radius 1 is 1.61 bits per heavy atom. The van der Waals surface area contributed by atoms with E-state index >= 15 is 0 Å². The highest BCUT2D eigenvalue weighted by atomic mass is 32.1. The lowest BCUT2D eigenvalue weighted by molar-refractivity contribution is -0.126. The topological polar surface area (TPSA) is 41.1 Å². The van der Waals surface area contributed by atoms with Crippen molar-refractivity contribution in [1.29, 1.82) is 0 Å². The Hall–Kier alpha value is -0.870. The maximum absolute atomic E-state index is 12.2. The molecule has 0 saturated carbocycles. The Kier molecular flexibility index (Phi) is 4.40. The highest BCUT2D eigenvalue weighted by Crippen LogP contribution is 2.30. The molecule has 0 bridgehead atoms. The summed E-state index contributed by atoms with van der Waals surface area (Å²) in [6.07, 6.45) is 3.20. The van der Waals surface area contributed by atoms with Gasteiger partial charge in [-0.3, -0.25) is 4.79 Å². The molecule has 0 spiro atoms. The molecule has 1 saturated heterocycles. The van der Waals surface area contributed by atoms with Crippen LogP contribution in [0.25, 0.3) is 0 Å². The van der Waals surface area contributed by atoms with E-state index in [1.807, 2.05) is 6.07 Å². The van der Waals surface area contributed by atoms with Crippen LogP contribution in [-0.2, 0) is 11.2 Å². The molecule has 4 heteroatoms. The van der Waals surface area contributed by atoms with Gasteiger partial charge in [-0.05, 0) is 42.7 Å². The molecule has 0 aromatic carbocycles. The summed E-state index contributed by atoms with van der Waals surface area (Å²) in [6.45, 7) is 6.02. The van der Waals surface area contributed by atoms with Crippen LogP contribution in [0.4, 0.5) is 0 Å². The predicted molar refractivity (Wildman–Crippen MR) is 75.8 cm³/mol. The largest absolute Gasteiger partial charge is 0.354 e. The first-order chi connectivity index (χ1) is 8.59. The first-order valence-electron chi connectivity index (χ1n) is 6.63. The van der Waals surface area contributed by atoms with Crippen LogP contribution in [0.1, 0.15) is 31.6 Å². The van der Waals surface area contributed by atoms with Gasteiger partial charge in [0.05, 0.1) is 6.04 Å². The molecular formula is C14H22N2OS. The lowest BCUT2D eigenvalue weighted by Crippen LogP contribution is -2.55. The van der Waals surface area contributed by atoms with E-state index in [0.29, 0.717) is 0 Å². The third-order valence-corrected chi connectivity index (χ3v) is 4.58. The first kappa shape index (κ1) is 13.6. The molecule has 1 aromatic heterocycles. The number of nitrogens with one attached hydrogen (secondary N) is 2. The van der Waals surface area contributed by atoms with Gasteiger partial charge in [-0.15, -0.1) is 11.3 Å². The number of carbonyl (C=O) groups excluding carboxylic acids is 1. The number of rotatable bonds is 4. The van der Waals surface area contributed by atoms with Crippen LogP contribution >= 0.6 is 11.3 Å². The molecule has 0 radical (unpaired) electrons. The quantitative estimate of drug-likeness (QED) is 0.877. The van der Waals surface area contributed by atoms with Crippen molar-refractivity contribution in [3.8, 4) is 0 Å². The van der Waals surface area contributed by atoms with Gasteiger partial charge < -0.3 is 10.6 Å². The van der Waals surface area contributed by atoms with Gasteiger partial charge in [-0.25, -0.2) is 0 Å². The van der Waals surface area contributed by atoms with Gasteiger partial charge in [0.2, 0.25) is 5.91 Å². The summed E-state index contributed by atoms with van der Waals surface area (Å²) in [6, 6.07) is 4.11. The van der Waals surface area contributed by atoms with Crippen LogP contribution in [-0.4, -0.2) is 25.0 Å². The fourth-order valence-corrected chi connectivity index (χ4v) is 3.23. The fraction of sp³-hybridized carbons (Fsp3) is 0.643. The Bertz CT molecular complexity index is 387. The molecule has 3 nitrogen and oxygen atoms in total. The fourth-order valence-electron chi connectivity index (χ4n) is 2.52. The predicted octanol–water partition coefficient (Wildman–Crippen LogP) is 2.18. The second-order valence-electron chi connectivity index (χ2n) is 5.60. The van der Waals surface area contributed by atoms with Gasteiger partial charge in [-0.1, -0.05) is 19.9 Å². The highest BCUT2D eigenvalue weighted by Gasteiger charge is 2.36. The highest BCUT2D eigenvalue weighted by molar-refractivity contribution is 7.09. The number of piperidine rings is 1. The van der Waals surface area contributed by atoms with E-state index in [1.165, 1.54) is 4.88 Å². The van der Waals surface area contributed by atoms with Crippen molar-refractivity contribution in [2.75, 3.05) is 13.1 Å². The Balaban J connectivity index is 1.80. The average molecular weight is 266 g/mol. The molecule has 1 aliphatic rings. The molecule has 1 aliphatic heterocycles. The second kappa shape index (κ2) is 5.85. The minimum Gasteiger partial charge on any atom is -0.354 e. The Labute approximate surface area is 113 Å². The molecule has 1 unspecified atom stereocenters. The maximum Gasteiger partial charge on any atom is 0.237 e.